The van der Waals surface area contributed by atoms with Gasteiger partial charge in [0.25, 0.3) is 0 Å². The van der Waals surface area contributed by atoms with E-state index >= 15 is 0 Å². The van der Waals surface area contributed by atoms with E-state index in [2.05, 4.69) is 93.7 Å². The monoisotopic (exact) mass is 1030 g/mol. The Balaban J connectivity index is 2.69. The molecule has 0 saturated carbocycles. The van der Waals surface area contributed by atoms with Gasteiger partial charge in [-0.3, -0.25) is 14.4 Å². The quantitative estimate of drug-likeness (QED) is 0.0228. The average Bonchev–Trinajstić information content (AvgIpc) is 3.37. The molecular weight excluding hydrogens is 925 g/mol. The van der Waals surface area contributed by atoms with Crippen LogP contribution in [0.25, 0.3) is 0 Å². The van der Waals surface area contributed by atoms with Crippen molar-refractivity contribution in [2.75, 3.05) is 13.2 Å². The topological polar surface area (TPSA) is 175 Å². The maximum absolute atomic E-state index is 13.1. The third kappa shape index (κ3) is 39.3. The number of aliphatic hydroxyl groups is 2. The predicted octanol–water partition coefficient (Wildman–Crippen LogP) is 14.6. The molecule has 6 unspecified atom stereocenters. The number of unbranched alkanes of at least 4 members (excludes halogenated alkanes) is 22. The van der Waals surface area contributed by atoms with Crippen LogP contribution >= 0.6 is 0 Å². The SMILES string of the molecule is CC/C=C\C/C=C\C/C=C\CCCCCCCC(=O)OC(COC(=O)CCCCCCCC/C=C\C/C=C\C/C=C\CCCCC)COC1OC(C(=O)O)C(O)C(O)C1OC(=O)CCCCCCCCCCC. The molecule has 12 heteroatoms. The Morgan fingerprint density at radius 1 is 0.466 bits per heavy atom. The Hall–Kier alpha value is -3.84. The van der Waals surface area contributed by atoms with Gasteiger partial charge in [-0.2, -0.15) is 0 Å². The van der Waals surface area contributed by atoms with Crippen LogP contribution in [-0.2, 0) is 42.9 Å². The summed E-state index contributed by atoms with van der Waals surface area (Å²) in [7, 11) is 0. The summed E-state index contributed by atoms with van der Waals surface area (Å²) >= 11 is 0. The second-order valence-corrected chi connectivity index (χ2v) is 19.5. The highest BCUT2D eigenvalue weighted by atomic mass is 16.7. The summed E-state index contributed by atoms with van der Waals surface area (Å²) in [5, 5.41) is 31.4. The Morgan fingerprint density at radius 2 is 0.863 bits per heavy atom. The zero-order valence-electron chi connectivity index (χ0n) is 45.9. The molecule has 12 nitrogen and oxygen atoms in total. The predicted molar refractivity (Wildman–Crippen MR) is 294 cm³/mol. The second-order valence-electron chi connectivity index (χ2n) is 19.5. The molecule has 1 rings (SSSR count). The Labute approximate surface area is 442 Å². The maximum atomic E-state index is 13.1. The number of carboxylic acid groups (broad SMARTS) is 1. The van der Waals surface area contributed by atoms with Crippen LogP contribution in [-0.4, -0.2) is 89.2 Å². The first-order valence-corrected chi connectivity index (χ1v) is 28.9. The third-order valence-electron chi connectivity index (χ3n) is 12.8. The summed E-state index contributed by atoms with van der Waals surface area (Å²) in [4.78, 5) is 51.0. The smallest absolute Gasteiger partial charge is 0.335 e. The van der Waals surface area contributed by atoms with Crippen molar-refractivity contribution < 1.29 is 58.2 Å². The van der Waals surface area contributed by atoms with Crippen molar-refractivity contribution in [3.8, 4) is 0 Å². The molecule has 1 fully saturated rings. The summed E-state index contributed by atoms with van der Waals surface area (Å²) in [5.41, 5.74) is 0. The number of hydrogen-bond donors (Lipinski definition) is 3. The van der Waals surface area contributed by atoms with Crippen molar-refractivity contribution in [3.05, 3.63) is 72.9 Å². The third-order valence-corrected chi connectivity index (χ3v) is 12.8. The summed E-state index contributed by atoms with van der Waals surface area (Å²) in [5.74, 6) is -3.16. The zero-order valence-corrected chi connectivity index (χ0v) is 45.9. The lowest BCUT2D eigenvalue weighted by atomic mass is 9.98. The van der Waals surface area contributed by atoms with E-state index in [0.717, 1.165) is 128 Å². The number of ether oxygens (including phenoxy) is 5. The fourth-order valence-corrected chi connectivity index (χ4v) is 8.33. The summed E-state index contributed by atoms with van der Waals surface area (Å²) in [6, 6.07) is 0. The van der Waals surface area contributed by atoms with Crippen LogP contribution in [0, 0.1) is 0 Å². The molecule has 1 aliphatic rings. The molecule has 0 aromatic carbocycles. The summed E-state index contributed by atoms with van der Waals surface area (Å²) in [6.45, 7) is 5.79. The van der Waals surface area contributed by atoms with Gasteiger partial charge < -0.3 is 39.0 Å². The van der Waals surface area contributed by atoms with Gasteiger partial charge in [-0.1, -0.05) is 203 Å². The van der Waals surface area contributed by atoms with Gasteiger partial charge in [-0.25, -0.2) is 4.79 Å². The first-order valence-electron chi connectivity index (χ1n) is 28.9. The number of allylic oxidation sites excluding steroid dienone is 12. The molecule has 0 bridgehead atoms. The van der Waals surface area contributed by atoms with Crippen molar-refractivity contribution >= 4 is 23.9 Å². The van der Waals surface area contributed by atoms with Gasteiger partial charge in [0.05, 0.1) is 6.61 Å². The van der Waals surface area contributed by atoms with Crippen molar-refractivity contribution in [2.45, 2.75) is 276 Å². The number of aliphatic hydroxyl groups excluding tert-OH is 2. The van der Waals surface area contributed by atoms with Crippen LogP contribution in [0.3, 0.4) is 0 Å². The minimum absolute atomic E-state index is 0.0563. The number of hydrogen-bond acceptors (Lipinski definition) is 11. The van der Waals surface area contributed by atoms with Gasteiger partial charge in [-0.15, -0.1) is 0 Å². The number of carbonyl (C=O) groups is 4. The maximum Gasteiger partial charge on any atom is 0.335 e. The van der Waals surface area contributed by atoms with E-state index in [1.165, 1.54) is 51.4 Å². The van der Waals surface area contributed by atoms with Crippen LogP contribution in [0.4, 0.5) is 0 Å². The van der Waals surface area contributed by atoms with Crippen molar-refractivity contribution in [2.24, 2.45) is 0 Å². The minimum Gasteiger partial charge on any atom is -0.479 e. The number of esters is 3. The fourth-order valence-electron chi connectivity index (χ4n) is 8.33. The van der Waals surface area contributed by atoms with Crippen LogP contribution in [0.15, 0.2) is 72.9 Å². The lowest BCUT2D eigenvalue weighted by Gasteiger charge is -2.40. The Kier molecular flexibility index (Phi) is 45.1. The lowest BCUT2D eigenvalue weighted by molar-refractivity contribution is -0.301. The van der Waals surface area contributed by atoms with Crippen molar-refractivity contribution in [1.82, 2.24) is 0 Å². The first-order chi connectivity index (χ1) is 35.6. The normalized spacial score (nSPS) is 18.8. The molecule has 1 heterocycles. The number of rotatable bonds is 48. The van der Waals surface area contributed by atoms with Crippen LogP contribution < -0.4 is 0 Å². The standard InChI is InChI=1S/C61H102O12/c1-4-7-10-13-16-19-21-23-25-26-27-28-30-31-33-36-38-41-44-47-53(62)69-50-52(71-54(63)48-45-42-40-37-34-32-29-24-22-20-17-14-11-8-5-2)51-70-61-59(57(66)56(65)58(73-61)60(67)68)72-55(64)49-46-43-39-35-18-15-12-9-6-3/h8,11,16-17,19-20,23-25,27-29,52,56-59,61,65-66H,4-7,9-10,12-15,18,21-22,26,30-51H2,1-3H3,(H,67,68)/b11-8-,19-16-,20-17-,25-23-,28-27-,29-24-. The molecule has 73 heavy (non-hydrogen) atoms. The molecule has 0 spiro atoms. The second kappa shape index (κ2) is 49.1. The molecule has 0 aromatic rings. The van der Waals surface area contributed by atoms with E-state index in [4.69, 9.17) is 23.7 Å². The largest absolute Gasteiger partial charge is 0.479 e. The zero-order chi connectivity index (χ0) is 53.3. The summed E-state index contributed by atoms with van der Waals surface area (Å²) < 4.78 is 28.3. The number of carbonyl (C=O) groups excluding carboxylic acids is 3. The molecule has 0 aliphatic carbocycles. The van der Waals surface area contributed by atoms with Crippen LogP contribution in [0.5, 0.6) is 0 Å². The lowest BCUT2D eigenvalue weighted by Crippen LogP contribution is -2.61. The minimum atomic E-state index is -1.91. The first kappa shape index (κ1) is 67.2. The van der Waals surface area contributed by atoms with E-state index in [0.29, 0.717) is 19.3 Å². The van der Waals surface area contributed by atoms with Gasteiger partial charge in [0.1, 0.15) is 18.8 Å². The molecule has 0 aromatic heterocycles. The van der Waals surface area contributed by atoms with Gasteiger partial charge >= 0.3 is 23.9 Å². The molecule has 1 saturated heterocycles. The van der Waals surface area contributed by atoms with Crippen molar-refractivity contribution in [1.29, 1.82) is 0 Å². The van der Waals surface area contributed by atoms with Gasteiger partial charge in [0.15, 0.2) is 24.6 Å². The van der Waals surface area contributed by atoms with E-state index in [9.17, 15) is 34.5 Å². The van der Waals surface area contributed by atoms with E-state index in [1.54, 1.807) is 0 Å². The van der Waals surface area contributed by atoms with E-state index in [-0.39, 0.29) is 25.9 Å². The Bertz CT molecular complexity index is 1550. The highest BCUT2D eigenvalue weighted by molar-refractivity contribution is 5.74. The van der Waals surface area contributed by atoms with Crippen LogP contribution in [0.2, 0.25) is 0 Å². The number of carboxylic acids is 1. The van der Waals surface area contributed by atoms with Gasteiger partial charge in [0.2, 0.25) is 0 Å². The van der Waals surface area contributed by atoms with Crippen molar-refractivity contribution in [3.63, 3.8) is 0 Å². The molecule has 0 amide bonds. The average molecular weight is 1030 g/mol. The van der Waals surface area contributed by atoms with E-state index in [1.807, 2.05) is 0 Å². The van der Waals surface area contributed by atoms with Gasteiger partial charge in [-0.05, 0) is 89.9 Å². The highest BCUT2D eigenvalue weighted by Crippen LogP contribution is 2.26. The molecular formula is C61H102O12. The summed E-state index contributed by atoms with van der Waals surface area (Å²) in [6.07, 6.45) is 48.9. The molecule has 6 atom stereocenters. The molecule has 1 aliphatic heterocycles. The van der Waals surface area contributed by atoms with Crippen LogP contribution in [0.1, 0.15) is 239 Å². The highest BCUT2D eigenvalue weighted by Gasteiger charge is 2.50. The molecule has 3 N–H and O–H groups in total. The molecule has 418 valence electrons. The fraction of sp³-hybridized carbons (Fsp3) is 0.738. The number of aliphatic carboxylic acids is 1. The Morgan fingerprint density at radius 3 is 1.34 bits per heavy atom. The van der Waals surface area contributed by atoms with Gasteiger partial charge in [0, 0.05) is 19.3 Å². The van der Waals surface area contributed by atoms with E-state index < -0.39 is 67.3 Å². The molecule has 0 radical (unpaired) electrons.